The second-order valence-electron chi connectivity index (χ2n) is 2.59. The molecule has 0 aromatic heterocycles. The van der Waals surface area contributed by atoms with Gasteiger partial charge in [-0.1, -0.05) is 6.92 Å². The Bertz CT molecular complexity index is 393. The summed E-state index contributed by atoms with van der Waals surface area (Å²) in [6, 6.07) is 0.386. The average Bonchev–Trinajstić information content (AvgIpc) is 2.13. The maximum atomic E-state index is 13.0. The Balaban J connectivity index is 3.51. The fraction of sp³-hybridized carbons (Fsp3) is 0.250. The molecule has 76 valence electrons. The summed E-state index contributed by atoms with van der Waals surface area (Å²) in [6.07, 6.45) is -0.0701. The van der Waals surface area contributed by atoms with Crippen LogP contribution in [0.5, 0.6) is 0 Å². The first kappa shape index (κ1) is 10.5. The molecule has 0 bridgehead atoms. The Morgan fingerprint density at radius 2 is 1.93 bits per heavy atom. The zero-order chi connectivity index (χ0) is 10.9. The van der Waals surface area contributed by atoms with Crippen molar-refractivity contribution in [1.82, 2.24) is 0 Å². The monoisotopic (exact) mass is 205 g/mol. The van der Waals surface area contributed by atoms with Gasteiger partial charge in [-0.25, -0.2) is 13.2 Å². The maximum absolute atomic E-state index is 13.0. The fourth-order valence-corrected chi connectivity index (χ4v) is 1.12. The number of hydrogen-bond acceptors (Lipinski definition) is 2. The lowest BCUT2D eigenvalue weighted by Crippen LogP contribution is -2.03. The predicted octanol–water partition coefficient (Wildman–Crippen LogP) is 2.57. The first-order chi connectivity index (χ1) is 6.49. The minimum absolute atomic E-state index is 0.0701. The van der Waals surface area contributed by atoms with Crippen LogP contribution in [-0.2, 0) is 6.42 Å². The smallest absolute Gasteiger partial charge is 0.258 e. The van der Waals surface area contributed by atoms with Gasteiger partial charge in [0.1, 0.15) is 0 Å². The molecular weight excluding hydrogens is 199 g/mol. The van der Waals surface area contributed by atoms with Crippen molar-refractivity contribution in [3.63, 3.8) is 0 Å². The highest BCUT2D eigenvalue weighted by Crippen LogP contribution is 2.26. The molecule has 3 nitrogen and oxygen atoms in total. The van der Waals surface area contributed by atoms with Crippen LogP contribution in [0.4, 0.5) is 18.9 Å². The summed E-state index contributed by atoms with van der Waals surface area (Å²) in [5.41, 5.74) is -1.15. The SMILES string of the molecule is CCc1c([N+](=O)[O-])cc(F)c(F)c1F. The molecule has 0 atom stereocenters. The first-order valence-electron chi connectivity index (χ1n) is 3.79. The zero-order valence-corrected chi connectivity index (χ0v) is 7.18. The zero-order valence-electron chi connectivity index (χ0n) is 7.18. The predicted molar refractivity (Wildman–Crippen MR) is 42.3 cm³/mol. The van der Waals surface area contributed by atoms with Gasteiger partial charge in [0.05, 0.1) is 16.6 Å². The molecule has 0 saturated heterocycles. The largest absolute Gasteiger partial charge is 0.278 e. The lowest BCUT2D eigenvalue weighted by Gasteiger charge is -2.02. The topological polar surface area (TPSA) is 43.1 Å². The number of nitro groups is 1. The van der Waals surface area contributed by atoms with Gasteiger partial charge >= 0.3 is 0 Å². The van der Waals surface area contributed by atoms with Gasteiger partial charge in [0.2, 0.25) is 0 Å². The number of halogens is 3. The van der Waals surface area contributed by atoms with Crippen molar-refractivity contribution in [3.8, 4) is 0 Å². The van der Waals surface area contributed by atoms with Gasteiger partial charge in [-0.2, -0.15) is 0 Å². The van der Waals surface area contributed by atoms with Crippen molar-refractivity contribution >= 4 is 5.69 Å². The lowest BCUT2D eigenvalue weighted by molar-refractivity contribution is -0.386. The van der Waals surface area contributed by atoms with Crippen LogP contribution in [0, 0.1) is 27.6 Å². The molecule has 0 saturated carbocycles. The Kier molecular flexibility index (Phi) is 2.73. The summed E-state index contributed by atoms with van der Waals surface area (Å²) in [5.74, 6) is -4.71. The van der Waals surface area contributed by atoms with E-state index in [1.54, 1.807) is 0 Å². The van der Waals surface area contributed by atoms with E-state index in [0.717, 1.165) is 0 Å². The van der Waals surface area contributed by atoms with E-state index in [1.807, 2.05) is 0 Å². The highest BCUT2D eigenvalue weighted by molar-refractivity contribution is 5.42. The highest BCUT2D eigenvalue weighted by Gasteiger charge is 2.23. The standard InChI is InChI=1S/C8H6F3NO2/c1-2-4-6(12(13)14)3-5(9)8(11)7(4)10/h3H,2H2,1H3. The molecule has 0 heterocycles. The van der Waals surface area contributed by atoms with E-state index < -0.39 is 33.6 Å². The lowest BCUT2D eigenvalue weighted by atomic mass is 10.1. The van der Waals surface area contributed by atoms with Gasteiger partial charge in [-0.3, -0.25) is 10.1 Å². The third kappa shape index (κ3) is 1.55. The Morgan fingerprint density at radius 1 is 1.36 bits per heavy atom. The van der Waals surface area contributed by atoms with E-state index >= 15 is 0 Å². The number of nitrogens with zero attached hydrogens (tertiary/aromatic N) is 1. The molecule has 0 aliphatic heterocycles. The molecule has 0 radical (unpaired) electrons. The molecule has 0 fully saturated rings. The minimum Gasteiger partial charge on any atom is -0.258 e. The normalized spacial score (nSPS) is 10.3. The summed E-state index contributed by atoms with van der Waals surface area (Å²) in [6.45, 7) is 1.42. The van der Waals surface area contributed by atoms with Crippen LogP contribution >= 0.6 is 0 Å². The van der Waals surface area contributed by atoms with Crippen LogP contribution in [0.3, 0.4) is 0 Å². The van der Waals surface area contributed by atoms with Crippen molar-refractivity contribution in [2.45, 2.75) is 13.3 Å². The van der Waals surface area contributed by atoms with E-state index in [0.29, 0.717) is 6.07 Å². The van der Waals surface area contributed by atoms with Crippen LogP contribution in [0.1, 0.15) is 12.5 Å². The Morgan fingerprint density at radius 3 is 2.36 bits per heavy atom. The molecule has 1 aromatic rings. The number of hydrogen-bond donors (Lipinski definition) is 0. The summed E-state index contributed by atoms with van der Waals surface area (Å²) in [4.78, 5) is 9.41. The number of rotatable bonds is 2. The highest BCUT2D eigenvalue weighted by atomic mass is 19.2. The van der Waals surface area contributed by atoms with E-state index in [2.05, 4.69) is 0 Å². The molecule has 0 aliphatic carbocycles. The van der Waals surface area contributed by atoms with Crippen molar-refractivity contribution in [2.24, 2.45) is 0 Å². The molecule has 1 rings (SSSR count). The molecule has 0 N–H and O–H groups in total. The minimum atomic E-state index is -1.67. The maximum Gasteiger partial charge on any atom is 0.278 e. The second-order valence-corrected chi connectivity index (χ2v) is 2.59. The van der Waals surface area contributed by atoms with E-state index in [1.165, 1.54) is 6.92 Å². The number of benzene rings is 1. The molecule has 6 heteroatoms. The van der Waals surface area contributed by atoms with Crippen molar-refractivity contribution < 1.29 is 18.1 Å². The van der Waals surface area contributed by atoms with E-state index in [4.69, 9.17) is 0 Å². The van der Waals surface area contributed by atoms with Gasteiger partial charge in [-0.05, 0) is 6.42 Å². The average molecular weight is 205 g/mol. The first-order valence-corrected chi connectivity index (χ1v) is 3.79. The summed E-state index contributed by atoms with van der Waals surface area (Å²) in [5, 5.41) is 10.3. The Labute approximate surface area is 77.3 Å². The molecular formula is C8H6F3NO2. The van der Waals surface area contributed by atoms with Gasteiger partial charge in [-0.15, -0.1) is 0 Å². The molecule has 0 unspecified atom stereocenters. The van der Waals surface area contributed by atoms with Crippen molar-refractivity contribution in [1.29, 1.82) is 0 Å². The van der Waals surface area contributed by atoms with Gasteiger partial charge in [0.25, 0.3) is 5.69 Å². The van der Waals surface area contributed by atoms with Crippen LogP contribution in [0.25, 0.3) is 0 Å². The van der Waals surface area contributed by atoms with Gasteiger partial charge < -0.3 is 0 Å². The third-order valence-electron chi connectivity index (χ3n) is 1.79. The van der Waals surface area contributed by atoms with Crippen molar-refractivity contribution in [2.75, 3.05) is 0 Å². The molecule has 0 aliphatic rings. The molecule has 0 amide bonds. The summed E-state index contributed by atoms with van der Waals surface area (Å²) >= 11 is 0. The molecule has 0 spiro atoms. The van der Waals surface area contributed by atoms with E-state index in [9.17, 15) is 23.3 Å². The fourth-order valence-electron chi connectivity index (χ4n) is 1.12. The van der Waals surface area contributed by atoms with Crippen molar-refractivity contribution in [3.05, 3.63) is 39.2 Å². The second kappa shape index (κ2) is 3.65. The quantitative estimate of drug-likeness (QED) is 0.423. The van der Waals surface area contributed by atoms with Gasteiger partial charge in [0, 0.05) is 0 Å². The van der Waals surface area contributed by atoms with Crippen LogP contribution in [0.2, 0.25) is 0 Å². The Hall–Kier alpha value is -1.59. The van der Waals surface area contributed by atoms with Crippen LogP contribution in [-0.4, -0.2) is 4.92 Å². The summed E-state index contributed by atoms with van der Waals surface area (Å²) < 4.78 is 38.2. The number of nitro benzene ring substituents is 1. The molecule has 14 heavy (non-hydrogen) atoms. The van der Waals surface area contributed by atoms with Crippen LogP contribution in [0.15, 0.2) is 6.07 Å². The summed E-state index contributed by atoms with van der Waals surface area (Å²) in [7, 11) is 0. The third-order valence-corrected chi connectivity index (χ3v) is 1.79. The van der Waals surface area contributed by atoms with Gasteiger partial charge in [0.15, 0.2) is 17.5 Å². The van der Waals surface area contributed by atoms with Crippen LogP contribution < -0.4 is 0 Å². The molecule has 1 aromatic carbocycles. The van der Waals surface area contributed by atoms with E-state index in [-0.39, 0.29) is 6.42 Å².